The third-order valence-corrected chi connectivity index (χ3v) is 5.03. The van der Waals surface area contributed by atoms with Crippen LogP contribution in [0.4, 0.5) is 0 Å². The Kier molecular flexibility index (Phi) is 4.86. The molecule has 1 aliphatic rings. The summed E-state index contributed by atoms with van der Waals surface area (Å²) >= 11 is 1.83. The summed E-state index contributed by atoms with van der Waals surface area (Å²) in [5, 5.41) is 0. The quantitative estimate of drug-likeness (QED) is 0.858. The monoisotopic (exact) mass is 328 g/mol. The molecule has 1 amide bonds. The molecule has 1 N–H and O–H groups in total. The molecule has 120 valence electrons. The van der Waals surface area contributed by atoms with Crippen LogP contribution >= 0.6 is 11.8 Å². The Morgan fingerprint density at radius 3 is 2.57 bits per heavy atom. The van der Waals surface area contributed by atoms with E-state index in [9.17, 15) is 9.59 Å². The van der Waals surface area contributed by atoms with Gasteiger partial charge in [0.2, 0.25) is 0 Å². The number of carbonyl (C=O) groups excluding carboxylic acids is 2. The van der Waals surface area contributed by atoms with Gasteiger partial charge in [-0.2, -0.15) is 11.8 Å². The van der Waals surface area contributed by atoms with Gasteiger partial charge in [-0.05, 0) is 42.5 Å². The average molecular weight is 328 g/mol. The fourth-order valence-electron chi connectivity index (χ4n) is 2.97. The van der Waals surface area contributed by atoms with Crippen molar-refractivity contribution < 1.29 is 9.59 Å². The van der Waals surface area contributed by atoms with E-state index < -0.39 is 0 Å². The molecule has 1 aromatic heterocycles. The summed E-state index contributed by atoms with van der Waals surface area (Å²) in [6, 6.07) is 8.72. The number of nitrogens with zero attached hydrogens (tertiary/aromatic N) is 1. The van der Waals surface area contributed by atoms with Gasteiger partial charge in [0.05, 0.1) is 0 Å². The maximum Gasteiger partial charge on any atom is 0.253 e. The van der Waals surface area contributed by atoms with Crippen LogP contribution in [0, 0.1) is 5.92 Å². The number of likely N-dealkylation sites (tertiary alicyclic amines) is 1. The van der Waals surface area contributed by atoms with Crippen molar-refractivity contribution in [2.24, 2.45) is 5.92 Å². The van der Waals surface area contributed by atoms with Crippen molar-refractivity contribution >= 4 is 23.5 Å². The molecule has 0 aliphatic carbocycles. The number of rotatable bonds is 5. The number of aromatic amines is 1. The number of carbonyl (C=O) groups is 2. The number of amides is 1. The van der Waals surface area contributed by atoms with Crippen molar-refractivity contribution in [3.05, 3.63) is 59.4 Å². The van der Waals surface area contributed by atoms with Gasteiger partial charge in [0.15, 0.2) is 5.78 Å². The van der Waals surface area contributed by atoms with E-state index in [4.69, 9.17) is 0 Å². The van der Waals surface area contributed by atoms with Gasteiger partial charge in [0.25, 0.3) is 5.91 Å². The van der Waals surface area contributed by atoms with Crippen molar-refractivity contribution in [2.75, 3.05) is 25.1 Å². The van der Waals surface area contributed by atoms with Crippen molar-refractivity contribution in [3.8, 4) is 0 Å². The molecule has 3 rings (SSSR count). The first-order valence-corrected chi connectivity index (χ1v) is 9.14. The Labute approximate surface area is 140 Å². The number of aromatic nitrogens is 1. The Morgan fingerprint density at radius 2 is 1.91 bits per heavy atom. The largest absolute Gasteiger partial charge is 0.367 e. The number of hydrogen-bond donors (Lipinski definition) is 1. The fraction of sp³-hybridized carbons (Fsp3) is 0.333. The molecule has 2 aromatic rings. The lowest BCUT2D eigenvalue weighted by Gasteiger charge is -2.16. The third kappa shape index (κ3) is 3.50. The van der Waals surface area contributed by atoms with Crippen LogP contribution < -0.4 is 0 Å². The summed E-state index contributed by atoms with van der Waals surface area (Å²) in [5.74, 6) is 1.73. The van der Waals surface area contributed by atoms with Crippen LogP contribution in [0.25, 0.3) is 0 Å². The molecule has 1 aliphatic heterocycles. The maximum absolute atomic E-state index is 12.5. The minimum atomic E-state index is -0.0357. The lowest BCUT2D eigenvalue weighted by molar-refractivity contribution is 0.0788. The van der Waals surface area contributed by atoms with Crippen LogP contribution in [0.2, 0.25) is 0 Å². The minimum absolute atomic E-state index is 0.0357. The first-order chi connectivity index (χ1) is 11.2. The van der Waals surface area contributed by atoms with Crippen molar-refractivity contribution in [1.82, 2.24) is 9.88 Å². The molecule has 1 unspecified atom stereocenters. The molecule has 5 heteroatoms. The second-order valence-electron chi connectivity index (χ2n) is 5.87. The maximum atomic E-state index is 12.5. The van der Waals surface area contributed by atoms with Gasteiger partial charge in [-0.15, -0.1) is 0 Å². The summed E-state index contributed by atoms with van der Waals surface area (Å²) in [7, 11) is 0. The Hall–Kier alpha value is -2.01. The van der Waals surface area contributed by atoms with Crippen molar-refractivity contribution in [2.45, 2.75) is 6.42 Å². The van der Waals surface area contributed by atoms with Gasteiger partial charge in [-0.1, -0.05) is 12.1 Å². The van der Waals surface area contributed by atoms with E-state index in [1.807, 2.05) is 16.7 Å². The molecule has 4 nitrogen and oxygen atoms in total. The van der Waals surface area contributed by atoms with Gasteiger partial charge < -0.3 is 9.88 Å². The smallest absolute Gasteiger partial charge is 0.253 e. The van der Waals surface area contributed by atoms with Crippen LogP contribution in [0.15, 0.2) is 42.7 Å². The topological polar surface area (TPSA) is 53.2 Å². The van der Waals surface area contributed by atoms with Gasteiger partial charge >= 0.3 is 0 Å². The zero-order valence-electron chi connectivity index (χ0n) is 13.1. The number of thioether (sulfide) groups is 1. The highest BCUT2D eigenvalue weighted by molar-refractivity contribution is 7.98. The molecular weight excluding hydrogens is 308 g/mol. The highest BCUT2D eigenvalue weighted by Gasteiger charge is 2.26. The van der Waals surface area contributed by atoms with E-state index >= 15 is 0 Å². The molecule has 1 atom stereocenters. The highest BCUT2D eigenvalue weighted by atomic mass is 32.2. The molecule has 1 saturated heterocycles. The molecule has 0 spiro atoms. The highest BCUT2D eigenvalue weighted by Crippen LogP contribution is 2.22. The summed E-state index contributed by atoms with van der Waals surface area (Å²) in [4.78, 5) is 29.6. The minimum Gasteiger partial charge on any atom is -0.367 e. The predicted molar refractivity (Wildman–Crippen MR) is 93.1 cm³/mol. The van der Waals surface area contributed by atoms with Crippen LogP contribution in [0.5, 0.6) is 0 Å². The summed E-state index contributed by atoms with van der Waals surface area (Å²) in [5.41, 5.74) is 1.88. The SMILES string of the molecule is CSCC1CCN(C(=O)c2ccc(C(=O)c3cc[nH]c3)cc2)C1. The van der Waals surface area contributed by atoms with Crippen LogP contribution in [-0.2, 0) is 0 Å². The van der Waals surface area contributed by atoms with Gasteiger partial charge in [0, 0.05) is 42.2 Å². The standard InChI is InChI=1S/C18H20N2O2S/c1-23-12-13-7-9-20(11-13)18(22)15-4-2-14(3-5-15)17(21)16-6-8-19-10-16/h2-6,8,10,13,19H,7,9,11-12H2,1H3. The second kappa shape index (κ2) is 7.04. The molecule has 0 bridgehead atoms. The fourth-order valence-corrected chi connectivity index (χ4v) is 3.71. The van der Waals surface area contributed by atoms with E-state index in [1.165, 1.54) is 0 Å². The van der Waals surface area contributed by atoms with Crippen LogP contribution in [0.3, 0.4) is 0 Å². The summed E-state index contributed by atoms with van der Waals surface area (Å²) in [6.45, 7) is 1.66. The number of H-pyrrole nitrogens is 1. The molecule has 1 fully saturated rings. The molecular formula is C18H20N2O2S. The molecule has 0 radical (unpaired) electrons. The van der Waals surface area contributed by atoms with E-state index in [0.717, 1.165) is 25.3 Å². The molecule has 0 saturated carbocycles. The zero-order chi connectivity index (χ0) is 16.2. The molecule has 23 heavy (non-hydrogen) atoms. The van der Waals surface area contributed by atoms with E-state index in [2.05, 4.69) is 11.2 Å². The van der Waals surface area contributed by atoms with Gasteiger partial charge in [-0.3, -0.25) is 9.59 Å². The zero-order valence-corrected chi connectivity index (χ0v) is 13.9. The normalized spacial score (nSPS) is 17.4. The van der Waals surface area contributed by atoms with Gasteiger partial charge in [-0.25, -0.2) is 0 Å². The first-order valence-electron chi connectivity index (χ1n) is 7.75. The lowest BCUT2D eigenvalue weighted by atomic mass is 10.0. The Balaban J connectivity index is 1.68. The predicted octanol–water partition coefficient (Wildman–Crippen LogP) is 3.07. The molecule has 2 heterocycles. The molecule has 1 aromatic carbocycles. The van der Waals surface area contributed by atoms with Crippen molar-refractivity contribution in [1.29, 1.82) is 0 Å². The average Bonchev–Trinajstić information content (AvgIpc) is 3.26. The number of benzene rings is 1. The Morgan fingerprint density at radius 1 is 1.17 bits per heavy atom. The number of hydrogen-bond acceptors (Lipinski definition) is 3. The van der Waals surface area contributed by atoms with E-state index in [-0.39, 0.29) is 11.7 Å². The van der Waals surface area contributed by atoms with Crippen LogP contribution in [0.1, 0.15) is 32.7 Å². The lowest BCUT2D eigenvalue weighted by Crippen LogP contribution is -2.29. The third-order valence-electron chi connectivity index (χ3n) is 4.23. The van der Waals surface area contributed by atoms with Crippen LogP contribution in [-0.4, -0.2) is 46.7 Å². The summed E-state index contributed by atoms with van der Waals surface area (Å²) in [6.07, 6.45) is 6.59. The van der Waals surface area contributed by atoms with E-state index in [1.54, 1.807) is 42.7 Å². The first kappa shape index (κ1) is 15.9. The second-order valence-corrected chi connectivity index (χ2v) is 6.78. The Bertz CT molecular complexity index is 680. The number of ketones is 1. The van der Waals surface area contributed by atoms with Crippen molar-refractivity contribution in [3.63, 3.8) is 0 Å². The van der Waals surface area contributed by atoms with E-state index in [0.29, 0.717) is 22.6 Å². The number of nitrogens with one attached hydrogen (secondary N) is 1. The van der Waals surface area contributed by atoms with Gasteiger partial charge in [0.1, 0.15) is 0 Å². The summed E-state index contributed by atoms with van der Waals surface area (Å²) < 4.78 is 0.